The van der Waals surface area contributed by atoms with Crippen molar-refractivity contribution in [1.29, 1.82) is 0 Å². The van der Waals surface area contributed by atoms with Crippen molar-refractivity contribution in [3.05, 3.63) is 128 Å². The number of aliphatic hydroxyl groups excluding tert-OH is 1. The van der Waals surface area contributed by atoms with Crippen LogP contribution in [0, 0.1) is 0 Å². The van der Waals surface area contributed by atoms with E-state index in [1.165, 1.54) is 4.90 Å². The molecule has 0 saturated heterocycles. The van der Waals surface area contributed by atoms with Gasteiger partial charge < -0.3 is 10.0 Å². The molecule has 0 radical (unpaired) electrons. The van der Waals surface area contributed by atoms with E-state index >= 15 is 0 Å². The number of aliphatic hydroxyl groups is 1. The second-order valence-corrected chi connectivity index (χ2v) is 14.4. The van der Waals surface area contributed by atoms with E-state index in [1.807, 2.05) is 85.0 Å². The average molecular weight is 650 g/mol. The van der Waals surface area contributed by atoms with Crippen molar-refractivity contribution in [2.45, 2.75) is 30.4 Å². The largest absolute Gasteiger partial charge is 0.369 e. The first-order valence-corrected chi connectivity index (χ1v) is 16.9. The number of hydrogen-bond donors (Lipinski definition) is 1. The minimum Gasteiger partial charge on any atom is -0.369 e. The highest BCUT2D eigenvalue weighted by molar-refractivity contribution is 6.47. The van der Waals surface area contributed by atoms with Crippen LogP contribution in [0.1, 0.15) is 34.2 Å². The Hall–Kier alpha value is -6.19. The fourth-order valence-corrected chi connectivity index (χ4v) is 10.2. The highest BCUT2D eigenvalue weighted by Gasteiger charge is 2.40. The van der Waals surface area contributed by atoms with E-state index in [4.69, 9.17) is 9.98 Å². The predicted octanol–water partition coefficient (Wildman–Crippen LogP) is 4.81. The maximum absolute atomic E-state index is 14.4. The van der Waals surface area contributed by atoms with E-state index < -0.39 is 6.23 Å². The van der Waals surface area contributed by atoms with E-state index in [2.05, 4.69) is 0 Å². The van der Waals surface area contributed by atoms with Crippen molar-refractivity contribution in [2.24, 2.45) is 9.98 Å². The quantitative estimate of drug-likeness (QED) is 0.188. The lowest BCUT2D eigenvalue weighted by atomic mass is 9.80. The molecule has 5 atom stereocenters. The number of aromatic nitrogens is 2. The zero-order valence-electron chi connectivity index (χ0n) is 26.4. The van der Waals surface area contributed by atoms with Crippen LogP contribution in [0.25, 0.3) is 75.4 Å². The zero-order valence-corrected chi connectivity index (χ0v) is 26.4. The van der Waals surface area contributed by atoms with E-state index in [0.717, 1.165) is 64.6 Å². The Labute approximate surface area is 280 Å². The first-order chi connectivity index (χ1) is 24.4. The normalized spacial score (nSPS) is 24.6. The maximum Gasteiger partial charge on any atom is 0.260 e. The summed E-state index contributed by atoms with van der Waals surface area (Å²) in [6.07, 6.45) is 14.8. The molecule has 0 bridgehead atoms. The summed E-state index contributed by atoms with van der Waals surface area (Å²) in [5.41, 5.74) is 2.04. The molecule has 2 aromatic heterocycles. The molecule has 0 spiro atoms. The van der Waals surface area contributed by atoms with Gasteiger partial charge in [0.1, 0.15) is 11.0 Å². The Morgan fingerprint density at radius 3 is 1.58 bits per heavy atom. The molecule has 2 aliphatic carbocycles. The van der Waals surface area contributed by atoms with Crippen molar-refractivity contribution in [1.82, 2.24) is 14.0 Å². The third-order valence-electron chi connectivity index (χ3n) is 12.2. The van der Waals surface area contributed by atoms with Crippen LogP contribution >= 0.6 is 0 Å². The molecule has 0 saturated carbocycles. The number of allylic oxidation sites excluding steroid dienone is 4. The number of carbonyl (C=O) groups is 1. The van der Waals surface area contributed by atoms with Crippen molar-refractivity contribution in [2.75, 3.05) is 7.05 Å². The smallest absolute Gasteiger partial charge is 0.260 e. The third kappa shape index (κ3) is 2.53. The molecule has 13 rings (SSSR count). The number of rotatable bonds is 0. The van der Waals surface area contributed by atoms with Crippen LogP contribution in [0.4, 0.5) is 0 Å². The molecular formula is C41H23N5O4. The molecule has 50 heavy (non-hydrogen) atoms. The number of amides is 1. The molecule has 8 aromatic rings. The molecule has 236 valence electrons. The number of carbonyl (C=O) groups excluding carboxylic acids is 1. The lowest BCUT2D eigenvalue weighted by Crippen LogP contribution is -2.34. The van der Waals surface area contributed by atoms with Gasteiger partial charge in [0.2, 0.25) is 0 Å². The van der Waals surface area contributed by atoms with Crippen molar-refractivity contribution >= 4 is 81.3 Å². The molecule has 9 heteroatoms. The van der Waals surface area contributed by atoms with Crippen LogP contribution in [0.15, 0.2) is 105 Å². The van der Waals surface area contributed by atoms with Gasteiger partial charge in [-0.2, -0.15) is 0 Å². The van der Waals surface area contributed by atoms with Gasteiger partial charge in [0.15, 0.2) is 6.23 Å². The standard InChI is InChI=1S/C41H23N5O4/c1-44-40(49)34-20-14-22-28-18(38(47)45-26-8-4-2-6-24(26)42-36(22)45)12-10-16-17-11-13-19-29-23(37-43-25-7-3-5-9-27(25)46(37)39(19)48)15-21(35(34)41(44)50)33(31(17)29)32(20)30(16)28/h2-15,24-27,40,49H,1H3. The fraction of sp³-hybridized carbons (Fsp3) is 0.146. The number of nitrogens with zero attached hydrogens (tertiary/aromatic N) is 5. The topological polar surface area (TPSA) is 109 Å². The van der Waals surface area contributed by atoms with Gasteiger partial charge in [-0.05, 0) is 67.4 Å². The summed E-state index contributed by atoms with van der Waals surface area (Å²) >= 11 is 0. The molecule has 6 aromatic carbocycles. The molecule has 9 nitrogen and oxygen atoms in total. The Morgan fingerprint density at radius 2 is 1.02 bits per heavy atom. The number of hydrogen-bond acceptors (Lipinski definition) is 6. The van der Waals surface area contributed by atoms with E-state index in [9.17, 15) is 19.5 Å². The minimum absolute atomic E-state index is 0.0903. The number of fused-ring (bicyclic) bond motifs is 12. The van der Waals surface area contributed by atoms with Gasteiger partial charge in [-0.1, -0.05) is 60.7 Å². The molecular weight excluding hydrogens is 626 g/mol. The van der Waals surface area contributed by atoms with E-state index in [-0.39, 0.29) is 41.2 Å². The summed E-state index contributed by atoms with van der Waals surface area (Å²) in [7, 11) is 1.63. The van der Waals surface area contributed by atoms with Gasteiger partial charge in [-0.15, -0.1) is 0 Å². The lowest BCUT2D eigenvalue weighted by Gasteiger charge is -2.24. The van der Waals surface area contributed by atoms with Crippen LogP contribution < -0.4 is 22.1 Å². The summed E-state index contributed by atoms with van der Waals surface area (Å²) in [5.74, 6) is -0.264. The van der Waals surface area contributed by atoms with Crippen molar-refractivity contribution in [3.8, 4) is 0 Å². The van der Waals surface area contributed by atoms with Gasteiger partial charge in [-0.3, -0.25) is 33.5 Å². The van der Waals surface area contributed by atoms with Crippen LogP contribution in [-0.4, -0.2) is 44.2 Å². The van der Waals surface area contributed by atoms with E-state index in [0.29, 0.717) is 32.9 Å². The lowest BCUT2D eigenvalue weighted by molar-refractivity contribution is 0.0307. The Kier molecular flexibility index (Phi) is 4.12. The molecule has 5 heterocycles. The first-order valence-electron chi connectivity index (χ1n) is 16.9. The highest BCUT2D eigenvalue weighted by Crippen LogP contribution is 2.53. The summed E-state index contributed by atoms with van der Waals surface area (Å²) in [6.45, 7) is 0. The van der Waals surface area contributed by atoms with Gasteiger partial charge in [0, 0.05) is 44.9 Å². The second kappa shape index (κ2) is 7.98. The van der Waals surface area contributed by atoms with Gasteiger partial charge in [-0.25, -0.2) is 0 Å². The molecule has 5 aliphatic rings. The molecule has 5 unspecified atom stereocenters. The van der Waals surface area contributed by atoms with Crippen LogP contribution in [0.3, 0.4) is 0 Å². The molecule has 3 aliphatic heterocycles. The highest BCUT2D eigenvalue weighted by atomic mass is 16.3. The van der Waals surface area contributed by atoms with Gasteiger partial charge in [0.05, 0.1) is 29.7 Å². The summed E-state index contributed by atoms with van der Waals surface area (Å²) in [5, 5.41) is 23.2. The van der Waals surface area contributed by atoms with Crippen molar-refractivity contribution in [3.63, 3.8) is 0 Å². The zero-order chi connectivity index (χ0) is 33.1. The average Bonchev–Trinajstić information content (AvgIpc) is 3.80. The van der Waals surface area contributed by atoms with Crippen molar-refractivity contribution < 1.29 is 9.90 Å². The molecule has 1 N–H and O–H groups in total. The monoisotopic (exact) mass is 649 g/mol. The SMILES string of the molecule is CN1C(=O)c2c(c3cc4c5n(c(=O)c6ccc7c8ccc9c(=O)n%10c(c%11cc2c(c3c7c64)c8c9%11)=NC2C=CC=CC2%10)C2C=CC=CC2N=5)C1O. The summed E-state index contributed by atoms with van der Waals surface area (Å²) in [6, 6.07) is 11.1. The number of benzene rings is 6. The predicted molar refractivity (Wildman–Crippen MR) is 193 cm³/mol. The Bertz CT molecular complexity index is 3400. The first kappa shape index (κ1) is 25.8. The minimum atomic E-state index is -1.17. The van der Waals surface area contributed by atoms with E-state index in [1.54, 1.807) is 16.2 Å². The number of pyridine rings is 2. The third-order valence-corrected chi connectivity index (χ3v) is 12.2. The van der Waals surface area contributed by atoms with Crippen LogP contribution in [0.2, 0.25) is 0 Å². The Morgan fingerprint density at radius 1 is 0.560 bits per heavy atom. The van der Waals surface area contributed by atoms with Gasteiger partial charge >= 0.3 is 0 Å². The maximum atomic E-state index is 14.4. The van der Waals surface area contributed by atoms with Crippen LogP contribution in [0.5, 0.6) is 0 Å². The fourth-order valence-electron chi connectivity index (χ4n) is 10.2. The molecule has 1 amide bonds. The summed E-state index contributed by atoms with van der Waals surface area (Å²) in [4.78, 5) is 54.6. The van der Waals surface area contributed by atoms with Gasteiger partial charge in [0.25, 0.3) is 17.0 Å². The second-order valence-electron chi connectivity index (χ2n) is 14.4. The summed E-state index contributed by atoms with van der Waals surface area (Å²) < 4.78 is 3.59. The van der Waals surface area contributed by atoms with Crippen LogP contribution in [-0.2, 0) is 0 Å². The molecule has 0 fully saturated rings. The Balaban J connectivity index is 1.35.